The van der Waals surface area contributed by atoms with Crippen LogP contribution < -0.4 is 15.4 Å². The van der Waals surface area contributed by atoms with Gasteiger partial charge in [0.1, 0.15) is 17.5 Å². The van der Waals surface area contributed by atoms with Gasteiger partial charge in [0.15, 0.2) is 0 Å². The number of amides is 2. The number of nitrogens with zero attached hydrogens (tertiary/aromatic N) is 1. The van der Waals surface area contributed by atoms with E-state index in [0.29, 0.717) is 24.3 Å². The molecule has 0 spiro atoms. The molecule has 0 radical (unpaired) electrons. The summed E-state index contributed by atoms with van der Waals surface area (Å²) in [6, 6.07) is 29.3. The Bertz CT molecular complexity index is 1200. The lowest BCUT2D eigenvalue weighted by Crippen LogP contribution is -2.47. The smallest absolute Gasteiger partial charge is 0.253 e. The summed E-state index contributed by atoms with van der Waals surface area (Å²) in [6.45, 7) is 0.332. The molecule has 2 N–H and O–H groups in total. The maximum Gasteiger partial charge on any atom is 0.253 e. The summed E-state index contributed by atoms with van der Waals surface area (Å²) in [5.41, 5.74) is 2.28. The first-order valence-electron chi connectivity index (χ1n) is 11.0. The largest absolute Gasteiger partial charge is 0.457 e. The van der Waals surface area contributed by atoms with E-state index in [1.54, 1.807) is 18.3 Å². The number of pyridine rings is 1. The molecule has 1 unspecified atom stereocenters. The fourth-order valence-corrected chi connectivity index (χ4v) is 3.41. The minimum absolute atomic E-state index is 0.259. The van der Waals surface area contributed by atoms with Crippen molar-refractivity contribution in [2.24, 2.45) is 0 Å². The lowest BCUT2D eigenvalue weighted by atomic mass is 10.0. The van der Waals surface area contributed by atoms with E-state index in [2.05, 4.69) is 15.6 Å². The van der Waals surface area contributed by atoms with Gasteiger partial charge in [0.2, 0.25) is 5.91 Å². The Balaban J connectivity index is 1.39. The fourth-order valence-electron chi connectivity index (χ4n) is 3.41. The molecule has 1 heterocycles. The highest BCUT2D eigenvalue weighted by Gasteiger charge is 2.22. The zero-order valence-electron chi connectivity index (χ0n) is 18.6. The maximum absolute atomic E-state index is 13.0. The van der Waals surface area contributed by atoms with E-state index < -0.39 is 6.04 Å². The summed E-state index contributed by atoms with van der Waals surface area (Å²) in [5, 5.41) is 5.78. The number of nitrogens with one attached hydrogen (secondary N) is 2. The highest BCUT2D eigenvalue weighted by Crippen LogP contribution is 2.21. The lowest BCUT2D eigenvalue weighted by molar-refractivity contribution is -0.123. The average molecular weight is 452 g/mol. The van der Waals surface area contributed by atoms with Crippen molar-refractivity contribution in [3.63, 3.8) is 0 Å². The Hall–Kier alpha value is -4.45. The first-order valence-corrected chi connectivity index (χ1v) is 11.0. The van der Waals surface area contributed by atoms with Crippen molar-refractivity contribution in [2.75, 3.05) is 0 Å². The maximum atomic E-state index is 13.0. The molecule has 2 amide bonds. The summed E-state index contributed by atoms with van der Waals surface area (Å²) in [5.74, 6) is 0.876. The summed E-state index contributed by atoms with van der Waals surface area (Å²) in [4.78, 5) is 29.7. The van der Waals surface area contributed by atoms with Crippen LogP contribution in [0.15, 0.2) is 109 Å². The van der Waals surface area contributed by atoms with Gasteiger partial charge in [-0.05, 0) is 47.5 Å². The number of carbonyl (C=O) groups excluding carboxylic acids is 2. The SMILES string of the molecule is O=C(NC(Cc1ccccc1)C(=O)NCc1ccc(Oc2ccccc2)cc1)c1cccnc1. The molecule has 0 saturated heterocycles. The van der Waals surface area contributed by atoms with Crippen molar-refractivity contribution < 1.29 is 14.3 Å². The second kappa shape index (κ2) is 11.4. The summed E-state index contributed by atoms with van der Waals surface area (Å²) in [6.07, 6.45) is 3.45. The summed E-state index contributed by atoms with van der Waals surface area (Å²) < 4.78 is 5.81. The summed E-state index contributed by atoms with van der Waals surface area (Å²) in [7, 11) is 0. The Labute approximate surface area is 198 Å². The first kappa shape index (κ1) is 22.7. The normalized spacial score (nSPS) is 11.3. The highest BCUT2D eigenvalue weighted by atomic mass is 16.5. The molecule has 0 aliphatic heterocycles. The quantitative estimate of drug-likeness (QED) is 0.392. The van der Waals surface area contributed by atoms with E-state index in [0.717, 1.165) is 16.9 Å². The van der Waals surface area contributed by atoms with Gasteiger partial charge >= 0.3 is 0 Å². The molecular weight excluding hydrogens is 426 g/mol. The minimum Gasteiger partial charge on any atom is -0.457 e. The molecule has 0 bridgehead atoms. The zero-order valence-corrected chi connectivity index (χ0v) is 18.6. The highest BCUT2D eigenvalue weighted by molar-refractivity contribution is 5.97. The zero-order chi connectivity index (χ0) is 23.6. The van der Waals surface area contributed by atoms with E-state index in [9.17, 15) is 9.59 Å². The van der Waals surface area contributed by atoms with Gasteiger partial charge in [-0.2, -0.15) is 0 Å². The molecule has 1 atom stereocenters. The van der Waals surface area contributed by atoms with Gasteiger partial charge in [-0.15, -0.1) is 0 Å². The lowest BCUT2D eigenvalue weighted by Gasteiger charge is -2.19. The van der Waals surface area contributed by atoms with Gasteiger partial charge in [-0.1, -0.05) is 60.7 Å². The molecule has 3 aromatic carbocycles. The average Bonchev–Trinajstić information content (AvgIpc) is 2.89. The number of hydrogen-bond acceptors (Lipinski definition) is 4. The molecule has 0 fully saturated rings. The Kier molecular flexibility index (Phi) is 7.64. The van der Waals surface area contributed by atoms with E-state index >= 15 is 0 Å². The van der Waals surface area contributed by atoms with E-state index in [-0.39, 0.29) is 11.8 Å². The summed E-state index contributed by atoms with van der Waals surface area (Å²) >= 11 is 0. The van der Waals surface area contributed by atoms with Gasteiger partial charge in [0.25, 0.3) is 5.91 Å². The molecule has 0 aliphatic rings. The van der Waals surface area contributed by atoms with Crippen molar-refractivity contribution in [3.05, 3.63) is 126 Å². The predicted octanol–water partition coefficient (Wildman–Crippen LogP) is 4.53. The van der Waals surface area contributed by atoms with Crippen LogP contribution in [-0.2, 0) is 17.8 Å². The van der Waals surface area contributed by atoms with Crippen LogP contribution in [0, 0.1) is 0 Å². The van der Waals surface area contributed by atoms with Gasteiger partial charge in [-0.25, -0.2) is 0 Å². The van der Waals surface area contributed by atoms with Gasteiger partial charge in [0, 0.05) is 25.4 Å². The topological polar surface area (TPSA) is 80.3 Å². The number of hydrogen-bond donors (Lipinski definition) is 2. The number of carbonyl (C=O) groups is 2. The monoisotopic (exact) mass is 451 g/mol. The van der Waals surface area contributed by atoms with Crippen LogP contribution in [0.25, 0.3) is 0 Å². The Morgan fingerprint density at radius 3 is 2.12 bits per heavy atom. The van der Waals surface area contributed by atoms with Gasteiger partial charge < -0.3 is 15.4 Å². The van der Waals surface area contributed by atoms with Crippen molar-refractivity contribution in [1.82, 2.24) is 15.6 Å². The predicted molar refractivity (Wildman–Crippen MR) is 130 cm³/mol. The molecule has 4 rings (SSSR count). The number of benzene rings is 3. The van der Waals surface area contributed by atoms with Crippen LogP contribution in [0.4, 0.5) is 0 Å². The molecule has 4 aromatic rings. The Morgan fingerprint density at radius 1 is 0.765 bits per heavy atom. The molecule has 0 aliphatic carbocycles. The van der Waals surface area contributed by atoms with Crippen LogP contribution in [0.1, 0.15) is 21.5 Å². The van der Waals surface area contributed by atoms with Gasteiger partial charge in [-0.3, -0.25) is 14.6 Å². The van der Waals surface area contributed by atoms with Crippen LogP contribution in [-0.4, -0.2) is 22.8 Å². The van der Waals surface area contributed by atoms with Crippen LogP contribution in [0.2, 0.25) is 0 Å². The van der Waals surface area contributed by atoms with Crippen molar-refractivity contribution >= 4 is 11.8 Å². The van der Waals surface area contributed by atoms with Crippen molar-refractivity contribution in [2.45, 2.75) is 19.0 Å². The number of para-hydroxylation sites is 1. The minimum atomic E-state index is -0.726. The number of rotatable bonds is 9. The molecule has 0 saturated carbocycles. The molecule has 6 heteroatoms. The standard InChI is InChI=1S/C28H25N3O3/c32-27(23-10-7-17-29-20-23)31-26(18-21-8-3-1-4-9-21)28(33)30-19-22-13-15-25(16-14-22)34-24-11-5-2-6-12-24/h1-17,20,26H,18-19H2,(H,30,33)(H,31,32). The molecule has 1 aromatic heterocycles. The number of aromatic nitrogens is 1. The first-order chi connectivity index (χ1) is 16.7. The van der Waals surface area contributed by atoms with Crippen LogP contribution in [0.3, 0.4) is 0 Å². The third kappa shape index (κ3) is 6.53. The fraction of sp³-hybridized carbons (Fsp3) is 0.107. The van der Waals surface area contributed by atoms with E-state index in [4.69, 9.17) is 4.74 Å². The van der Waals surface area contributed by atoms with Crippen molar-refractivity contribution in [3.8, 4) is 11.5 Å². The third-order valence-electron chi connectivity index (χ3n) is 5.20. The second-order valence-electron chi connectivity index (χ2n) is 7.73. The molecule has 34 heavy (non-hydrogen) atoms. The van der Waals surface area contributed by atoms with E-state index in [1.165, 1.54) is 6.20 Å². The van der Waals surface area contributed by atoms with E-state index in [1.807, 2.05) is 84.9 Å². The molecular formula is C28H25N3O3. The van der Waals surface area contributed by atoms with Crippen molar-refractivity contribution in [1.29, 1.82) is 0 Å². The number of ether oxygens (including phenoxy) is 1. The Morgan fingerprint density at radius 2 is 1.44 bits per heavy atom. The molecule has 170 valence electrons. The second-order valence-corrected chi connectivity index (χ2v) is 7.73. The molecule has 6 nitrogen and oxygen atoms in total. The van der Waals surface area contributed by atoms with Crippen LogP contribution in [0.5, 0.6) is 11.5 Å². The van der Waals surface area contributed by atoms with Gasteiger partial charge in [0.05, 0.1) is 5.56 Å². The van der Waals surface area contributed by atoms with Crippen LogP contribution >= 0.6 is 0 Å². The third-order valence-corrected chi connectivity index (χ3v) is 5.20.